The quantitative estimate of drug-likeness (QED) is 0.829. The number of likely N-dealkylation sites (N-methyl/N-ethyl adjacent to an activating group) is 1. The number of likely N-dealkylation sites (tertiary alicyclic amines) is 1. The molecule has 0 aliphatic carbocycles. The predicted octanol–water partition coefficient (Wildman–Crippen LogP) is 0.521. The van der Waals surface area contributed by atoms with Gasteiger partial charge in [-0.15, -0.1) is 0 Å². The van der Waals surface area contributed by atoms with Crippen LogP contribution in [-0.2, 0) is 18.4 Å². The number of carbonyl (C=O) groups excluding carboxylic acids is 1. The van der Waals surface area contributed by atoms with E-state index in [1.165, 1.54) is 0 Å². The third-order valence-corrected chi connectivity index (χ3v) is 3.23. The first kappa shape index (κ1) is 12.1. The Labute approximate surface area is 102 Å². The average Bonchev–Trinajstić information content (AvgIpc) is 2.70. The van der Waals surface area contributed by atoms with Crippen LogP contribution in [0.4, 0.5) is 0 Å². The molecule has 1 saturated heterocycles. The van der Waals surface area contributed by atoms with Gasteiger partial charge in [0.1, 0.15) is 5.82 Å². The van der Waals surface area contributed by atoms with E-state index in [0.29, 0.717) is 6.54 Å². The number of piperidine rings is 1. The number of rotatable bonds is 4. The summed E-state index contributed by atoms with van der Waals surface area (Å²) < 4.78 is 1.96. The molecular formula is C12H20N4O. The van der Waals surface area contributed by atoms with Crippen LogP contribution in [0.3, 0.4) is 0 Å². The molecule has 0 saturated carbocycles. The van der Waals surface area contributed by atoms with Crippen LogP contribution in [0.15, 0.2) is 12.4 Å². The van der Waals surface area contributed by atoms with Crippen molar-refractivity contribution in [1.82, 2.24) is 19.8 Å². The lowest BCUT2D eigenvalue weighted by Gasteiger charge is -2.32. The fourth-order valence-electron chi connectivity index (χ4n) is 2.25. The van der Waals surface area contributed by atoms with E-state index < -0.39 is 0 Å². The van der Waals surface area contributed by atoms with E-state index >= 15 is 0 Å². The number of nitrogens with zero attached hydrogens (tertiary/aromatic N) is 3. The fraction of sp³-hybridized carbons (Fsp3) is 0.667. The minimum Gasteiger partial charge on any atom is -0.337 e. The maximum Gasteiger partial charge on any atom is 0.240 e. The minimum atomic E-state index is -0.00554. The Morgan fingerprint density at radius 3 is 3.06 bits per heavy atom. The highest BCUT2D eigenvalue weighted by Crippen LogP contribution is 2.14. The van der Waals surface area contributed by atoms with E-state index in [2.05, 4.69) is 10.3 Å². The lowest BCUT2D eigenvalue weighted by Crippen LogP contribution is -2.50. The van der Waals surface area contributed by atoms with E-state index in [9.17, 15) is 4.79 Å². The van der Waals surface area contributed by atoms with Gasteiger partial charge in [-0.2, -0.15) is 0 Å². The fourth-order valence-corrected chi connectivity index (χ4v) is 2.25. The van der Waals surface area contributed by atoms with Crippen molar-refractivity contribution in [1.29, 1.82) is 0 Å². The largest absolute Gasteiger partial charge is 0.337 e. The van der Waals surface area contributed by atoms with Crippen LogP contribution >= 0.6 is 0 Å². The van der Waals surface area contributed by atoms with Crippen molar-refractivity contribution >= 4 is 5.91 Å². The third-order valence-electron chi connectivity index (χ3n) is 3.23. The molecule has 2 rings (SSSR count). The number of amides is 1. The molecule has 1 aliphatic rings. The molecule has 2 heterocycles. The molecule has 1 aromatic rings. The van der Waals surface area contributed by atoms with Crippen LogP contribution in [0.25, 0.3) is 0 Å². The topological polar surface area (TPSA) is 50.2 Å². The Balaban J connectivity index is 2.01. The highest BCUT2D eigenvalue weighted by Gasteiger charge is 2.28. The molecule has 0 aromatic carbocycles. The third kappa shape index (κ3) is 2.66. The van der Waals surface area contributed by atoms with E-state index in [4.69, 9.17) is 0 Å². The number of hydrogen-bond donors (Lipinski definition) is 1. The van der Waals surface area contributed by atoms with Gasteiger partial charge in [0.05, 0.1) is 12.6 Å². The second kappa shape index (κ2) is 5.31. The van der Waals surface area contributed by atoms with Gasteiger partial charge in [-0.3, -0.25) is 4.79 Å². The Hall–Kier alpha value is -1.36. The van der Waals surface area contributed by atoms with Gasteiger partial charge in [0.15, 0.2) is 0 Å². The molecule has 94 valence electrons. The molecule has 1 fully saturated rings. The van der Waals surface area contributed by atoms with Crippen molar-refractivity contribution in [2.24, 2.45) is 7.05 Å². The maximum atomic E-state index is 12.2. The van der Waals surface area contributed by atoms with Crippen LogP contribution in [-0.4, -0.2) is 39.5 Å². The summed E-state index contributed by atoms with van der Waals surface area (Å²) >= 11 is 0. The molecule has 1 atom stereocenters. The zero-order chi connectivity index (χ0) is 12.3. The second-order valence-corrected chi connectivity index (χ2v) is 4.47. The average molecular weight is 236 g/mol. The van der Waals surface area contributed by atoms with Crippen molar-refractivity contribution < 1.29 is 4.79 Å². The summed E-state index contributed by atoms with van der Waals surface area (Å²) in [6.07, 6.45) is 5.69. The zero-order valence-corrected chi connectivity index (χ0v) is 10.5. The van der Waals surface area contributed by atoms with Gasteiger partial charge >= 0.3 is 0 Å². The lowest BCUT2D eigenvalue weighted by atomic mass is 10.0. The van der Waals surface area contributed by atoms with Crippen LogP contribution < -0.4 is 5.32 Å². The van der Waals surface area contributed by atoms with Gasteiger partial charge in [-0.05, 0) is 19.4 Å². The van der Waals surface area contributed by atoms with Crippen LogP contribution in [0.2, 0.25) is 0 Å². The smallest absolute Gasteiger partial charge is 0.240 e. The molecule has 0 bridgehead atoms. The zero-order valence-electron chi connectivity index (χ0n) is 10.5. The Kier molecular flexibility index (Phi) is 3.78. The van der Waals surface area contributed by atoms with Gasteiger partial charge in [-0.25, -0.2) is 4.98 Å². The molecule has 0 spiro atoms. The summed E-state index contributed by atoms with van der Waals surface area (Å²) in [6, 6.07) is -0.00554. The summed E-state index contributed by atoms with van der Waals surface area (Å²) in [5.74, 6) is 1.15. The molecule has 1 amide bonds. The maximum absolute atomic E-state index is 12.2. The standard InChI is InChI=1S/C12H20N4O/c1-3-13-10-5-4-7-16(12(10)17)9-11-14-6-8-15(11)2/h6,8,10,13H,3-5,7,9H2,1-2H3. The molecule has 1 aliphatic heterocycles. The number of aromatic nitrogens is 2. The molecule has 5 nitrogen and oxygen atoms in total. The van der Waals surface area contributed by atoms with Gasteiger partial charge in [-0.1, -0.05) is 6.92 Å². The van der Waals surface area contributed by atoms with Gasteiger partial charge < -0.3 is 14.8 Å². The van der Waals surface area contributed by atoms with Crippen molar-refractivity contribution in [3.05, 3.63) is 18.2 Å². The molecule has 17 heavy (non-hydrogen) atoms. The lowest BCUT2D eigenvalue weighted by molar-refractivity contribution is -0.136. The number of aryl methyl sites for hydroxylation is 1. The molecule has 1 aromatic heterocycles. The molecule has 5 heteroatoms. The normalized spacial score (nSPS) is 20.9. The van der Waals surface area contributed by atoms with E-state index in [0.717, 1.165) is 31.8 Å². The Bertz CT molecular complexity index is 386. The molecule has 1 N–H and O–H groups in total. The summed E-state index contributed by atoms with van der Waals surface area (Å²) in [5.41, 5.74) is 0. The monoisotopic (exact) mass is 236 g/mol. The van der Waals surface area contributed by atoms with Gasteiger partial charge in [0.2, 0.25) is 5.91 Å². The van der Waals surface area contributed by atoms with E-state index in [-0.39, 0.29) is 11.9 Å². The van der Waals surface area contributed by atoms with Crippen molar-refractivity contribution in [3.63, 3.8) is 0 Å². The van der Waals surface area contributed by atoms with Crippen molar-refractivity contribution in [2.75, 3.05) is 13.1 Å². The first-order chi connectivity index (χ1) is 8.22. The summed E-state index contributed by atoms with van der Waals surface area (Å²) in [5, 5.41) is 3.24. The predicted molar refractivity (Wildman–Crippen MR) is 65.3 cm³/mol. The number of carbonyl (C=O) groups is 1. The Morgan fingerprint density at radius 2 is 2.41 bits per heavy atom. The first-order valence-electron chi connectivity index (χ1n) is 6.20. The van der Waals surface area contributed by atoms with Gasteiger partial charge in [0.25, 0.3) is 0 Å². The van der Waals surface area contributed by atoms with E-state index in [1.807, 2.05) is 29.6 Å². The van der Waals surface area contributed by atoms with Crippen LogP contribution in [0.1, 0.15) is 25.6 Å². The summed E-state index contributed by atoms with van der Waals surface area (Å²) in [7, 11) is 1.96. The highest BCUT2D eigenvalue weighted by molar-refractivity contribution is 5.82. The number of nitrogens with one attached hydrogen (secondary N) is 1. The molecular weight excluding hydrogens is 216 g/mol. The first-order valence-corrected chi connectivity index (χ1v) is 6.20. The molecule has 0 radical (unpaired) electrons. The van der Waals surface area contributed by atoms with Crippen molar-refractivity contribution in [2.45, 2.75) is 32.4 Å². The van der Waals surface area contributed by atoms with Crippen LogP contribution in [0, 0.1) is 0 Å². The van der Waals surface area contributed by atoms with Crippen LogP contribution in [0.5, 0.6) is 0 Å². The SMILES string of the molecule is CCNC1CCCN(Cc2nccn2C)C1=O. The molecule has 1 unspecified atom stereocenters. The highest BCUT2D eigenvalue weighted by atomic mass is 16.2. The summed E-state index contributed by atoms with van der Waals surface area (Å²) in [4.78, 5) is 18.3. The Morgan fingerprint density at radius 1 is 1.59 bits per heavy atom. The van der Waals surface area contributed by atoms with Gasteiger partial charge in [0, 0.05) is 26.0 Å². The number of imidazole rings is 1. The number of hydrogen-bond acceptors (Lipinski definition) is 3. The minimum absolute atomic E-state index is 0.00554. The summed E-state index contributed by atoms with van der Waals surface area (Å²) in [6.45, 7) is 4.33. The van der Waals surface area contributed by atoms with Crippen molar-refractivity contribution in [3.8, 4) is 0 Å². The van der Waals surface area contributed by atoms with E-state index in [1.54, 1.807) is 6.20 Å². The second-order valence-electron chi connectivity index (χ2n) is 4.47.